The van der Waals surface area contributed by atoms with E-state index in [1.807, 2.05) is 30.3 Å². The number of nitrogens with zero attached hydrogens (tertiary/aromatic N) is 3. The predicted molar refractivity (Wildman–Crippen MR) is 53.2 cm³/mol. The van der Waals surface area contributed by atoms with Crippen molar-refractivity contribution in [1.29, 1.82) is 0 Å². The molecule has 5 heteroatoms. The summed E-state index contributed by atoms with van der Waals surface area (Å²) in [5.41, 5.74) is 14.4. The number of carbonyl (C=O) groups is 1. The summed E-state index contributed by atoms with van der Waals surface area (Å²) < 4.78 is 0. The van der Waals surface area contributed by atoms with Gasteiger partial charge in [0.2, 0.25) is 0 Å². The van der Waals surface area contributed by atoms with Crippen LogP contribution in [0.2, 0.25) is 0 Å². The minimum atomic E-state index is -0.922. The molecule has 0 unspecified atom stereocenters. The summed E-state index contributed by atoms with van der Waals surface area (Å²) in [6.45, 7) is 0. The summed E-state index contributed by atoms with van der Waals surface area (Å²) in [4.78, 5) is 11.6. The van der Waals surface area contributed by atoms with Crippen LogP contribution >= 0.6 is 0 Å². The molecule has 1 aromatic rings. The number of hydrogen-bond acceptors (Lipinski definition) is 1. The molecular formula is C9H8N3O2-. The maximum absolute atomic E-state index is 10.1. The van der Waals surface area contributed by atoms with Gasteiger partial charge in [-0.2, -0.15) is 0 Å². The van der Waals surface area contributed by atoms with Crippen LogP contribution in [0.1, 0.15) is 5.56 Å². The summed E-state index contributed by atoms with van der Waals surface area (Å²) in [6.07, 6.45) is 2.68. The van der Waals surface area contributed by atoms with E-state index in [9.17, 15) is 4.79 Å². The second kappa shape index (κ2) is 7.39. The number of aliphatic carboxylic acids is 1. The second-order valence-electron chi connectivity index (χ2n) is 2.17. The van der Waals surface area contributed by atoms with Crippen LogP contribution in [0.4, 0.5) is 0 Å². The highest BCUT2D eigenvalue weighted by atomic mass is 16.4. The highest BCUT2D eigenvalue weighted by Gasteiger charge is 1.85. The summed E-state index contributed by atoms with van der Waals surface area (Å²) >= 11 is 0. The smallest absolute Gasteiger partial charge is 0.328 e. The van der Waals surface area contributed by atoms with Crippen molar-refractivity contribution >= 4 is 12.0 Å². The Morgan fingerprint density at radius 2 is 1.79 bits per heavy atom. The van der Waals surface area contributed by atoms with Crippen LogP contribution in [-0.2, 0) is 4.79 Å². The minimum absolute atomic E-state index is 0.898. The Bertz CT molecular complexity index is 340. The zero-order chi connectivity index (χ0) is 10.8. The molecule has 0 bridgehead atoms. The molecule has 0 atom stereocenters. The van der Waals surface area contributed by atoms with Gasteiger partial charge in [0.1, 0.15) is 0 Å². The first-order valence-corrected chi connectivity index (χ1v) is 3.65. The molecule has 0 aliphatic heterocycles. The van der Waals surface area contributed by atoms with Crippen LogP contribution < -0.4 is 0 Å². The van der Waals surface area contributed by atoms with Gasteiger partial charge >= 0.3 is 5.97 Å². The standard InChI is InChI=1S/C9H8O2.N3/c10-9(11)7-6-8-4-2-1-3-5-8;1-3-2/h1-7H,(H,10,11);/q;-1. The van der Waals surface area contributed by atoms with Gasteiger partial charge in [-0.3, -0.25) is 4.91 Å². The Morgan fingerprint density at radius 3 is 2.21 bits per heavy atom. The van der Waals surface area contributed by atoms with Crippen molar-refractivity contribution in [3.05, 3.63) is 57.9 Å². The van der Waals surface area contributed by atoms with E-state index in [4.69, 9.17) is 16.2 Å². The maximum atomic E-state index is 10.1. The van der Waals surface area contributed by atoms with Crippen LogP contribution in [0.5, 0.6) is 0 Å². The van der Waals surface area contributed by atoms with Crippen LogP contribution in [0.3, 0.4) is 0 Å². The van der Waals surface area contributed by atoms with Gasteiger partial charge in [0.25, 0.3) is 0 Å². The lowest BCUT2D eigenvalue weighted by atomic mass is 10.2. The number of hydrogen-bond donors (Lipinski definition) is 1. The Kier molecular flexibility index (Phi) is 6.20. The molecule has 72 valence electrons. The van der Waals surface area contributed by atoms with Gasteiger partial charge in [-0.25, -0.2) is 4.79 Å². The normalized spacial score (nSPS) is 8.57. The molecule has 0 heterocycles. The van der Waals surface area contributed by atoms with E-state index >= 15 is 0 Å². The van der Waals surface area contributed by atoms with Crippen LogP contribution in [0, 0.1) is 0 Å². The van der Waals surface area contributed by atoms with Gasteiger partial charge in [0.05, 0.1) is 0 Å². The Hall–Kier alpha value is -2.26. The van der Waals surface area contributed by atoms with Crippen molar-refractivity contribution in [3.8, 4) is 0 Å². The fourth-order valence-electron chi connectivity index (χ4n) is 0.732. The molecule has 0 aliphatic carbocycles. The number of carboxylic acids is 1. The van der Waals surface area contributed by atoms with Crippen molar-refractivity contribution in [2.45, 2.75) is 0 Å². The summed E-state index contributed by atoms with van der Waals surface area (Å²) in [5, 5.41) is 8.29. The Balaban J connectivity index is 0.000000500. The zero-order valence-corrected chi connectivity index (χ0v) is 7.24. The average Bonchev–Trinajstić information content (AvgIpc) is 2.18. The van der Waals surface area contributed by atoms with Crippen molar-refractivity contribution in [2.75, 3.05) is 0 Å². The molecule has 5 nitrogen and oxygen atoms in total. The zero-order valence-electron chi connectivity index (χ0n) is 7.24. The van der Waals surface area contributed by atoms with Gasteiger partial charge in [-0.1, -0.05) is 30.3 Å². The minimum Gasteiger partial charge on any atom is -0.478 e. The molecular weight excluding hydrogens is 182 g/mol. The van der Waals surface area contributed by atoms with Crippen molar-refractivity contribution in [2.24, 2.45) is 0 Å². The SMILES string of the molecule is O=C(O)C=Cc1ccccc1.[N-]=[N+]=[N-]. The first-order valence-electron chi connectivity index (χ1n) is 3.65. The van der Waals surface area contributed by atoms with E-state index in [1.54, 1.807) is 6.08 Å². The van der Waals surface area contributed by atoms with Crippen LogP contribution in [-0.4, -0.2) is 11.1 Å². The molecule has 0 saturated carbocycles. The Morgan fingerprint density at radius 1 is 1.29 bits per heavy atom. The van der Waals surface area contributed by atoms with Gasteiger partial charge in [0.15, 0.2) is 0 Å². The molecule has 1 aromatic carbocycles. The third kappa shape index (κ3) is 6.45. The number of rotatable bonds is 2. The van der Waals surface area contributed by atoms with Crippen LogP contribution in [0.15, 0.2) is 36.4 Å². The third-order valence-electron chi connectivity index (χ3n) is 1.22. The molecule has 0 amide bonds. The molecule has 0 aliphatic rings. The second-order valence-corrected chi connectivity index (χ2v) is 2.17. The van der Waals surface area contributed by atoms with Crippen molar-refractivity contribution in [3.63, 3.8) is 0 Å². The number of carboxylic acid groups (broad SMARTS) is 1. The van der Waals surface area contributed by atoms with Gasteiger partial charge in [0, 0.05) is 6.08 Å². The van der Waals surface area contributed by atoms with E-state index in [0.717, 1.165) is 11.6 Å². The lowest BCUT2D eigenvalue weighted by Gasteiger charge is -1.87. The van der Waals surface area contributed by atoms with Crippen molar-refractivity contribution < 1.29 is 9.90 Å². The fraction of sp³-hybridized carbons (Fsp3) is 0. The first-order chi connectivity index (χ1) is 6.70. The lowest BCUT2D eigenvalue weighted by molar-refractivity contribution is -0.131. The molecule has 0 aromatic heterocycles. The highest BCUT2D eigenvalue weighted by Crippen LogP contribution is 1.99. The monoisotopic (exact) mass is 190 g/mol. The average molecular weight is 190 g/mol. The highest BCUT2D eigenvalue weighted by molar-refractivity contribution is 5.85. The van der Waals surface area contributed by atoms with E-state index in [1.165, 1.54) is 4.91 Å². The van der Waals surface area contributed by atoms with Crippen LogP contribution in [0.25, 0.3) is 22.0 Å². The quantitative estimate of drug-likeness (QED) is 0.335. The fourth-order valence-corrected chi connectivity index (χ4v) is 0.732. The van der Waals surface area contributed by atoms with Gasteiger partial charge in [-0.15, -0.1) is 0 Å². The Labute approximate surface area is 80.7 Å². The van der Waals surface area contributed by atoms with E-state index < -0.39 is 5.97 Å². The number of benzene rings is 1. The molecule has 14 heavy (non-hydrogen) atoms. The summed E-state index contributed by atoms with van der Waals surface area (Å²) in [6, 6.07) is 9.31. The molecule has 0 radical (unpaired) electrons. The molecule has 1 rings (SSSR count). The van der Waals surface area contributed by atoms with E-state index in [-0.39, 0.29) is 0 Å². The first kappa shape index (κ1) is 11.7. The summed E-state index contributed by atoms with van der Waals surface area (Å²) in [7, 11) is 0. The van der Waals surface area contributed by atoms with E-state index in [0.29, 0.717) is 0 Å². The van der Waals surface area contributed by atoms with Gasteiger partial charge in [-0.05, 0) is 11.6 Å². The molecule has 0 saturated heterocycles. The molecule has 0 fully saturated rings. The lowest BCUT2D eigenvalue weighted by Crippen LogP contribution is -1.85. The third-order valence-corrected chi connectivity index (χ3v) is 1.22. The molecule has 0 spiro atoms. The van der Waals surface area contributed by atoms with Gasteiger partial charge < -0.3 is 16.2 Å². The topological polar surface area (TPSA) is 96.0 Å². The van der Waals surface area contributed by atoms with Crippen molar-refractivity contribution in [1.82, 2.24) is 0 Å². The van der Waals surface area contributed by atoms with E-state index in [2.05, 4.69) is 0 Å². The predicted octanol–water partition coefficient (Wildman–Crippen LogP) is 2.65. The largest absolute Gasteiger partial charge is 0.478 e. The summed E-state index contributed by atoms with van der Waals surface area (Å²) in [5.74, 6) is -0.922. The maximum Gasteiger partial charge on any atom is 0.328 e. The molecule has 1 N–H and O–H groups in total.